The Hall–Kier alpha value is -4.29. The predicted octanol–water partition coefficient (Wildman–Crippen LogP) is 3.18. The molecule has 0 radical (unpaired) electrons. The Morgan fingerprint density at radius 3 is 2.55 bits per heavy atom. The van der Waals surface area contributed by atoms with Gasteiger partial charge in [0.25, 0.3) is 5.91 Å². The average molecular weight is 545 g/mol. The topological polar surface area (TPSA) is 128 Å². The fraction of sp³-hybridized carbons (Fsp3) is 0.393. The fourth-order valence-corrected chi connectivity index (χ4v) is 5.16. The molecule has 0 saturated carbocycles. The van der Waals surface area contributed by atoms with E-state index in [1.807, 2.05) is 26.0 Å². The number of anilines is 2. The maximum absolute atomic E-state index is 12.8. The third-order valence-corrected chi connectivity index (χ3v) is 7.58. The minimum absolute atomic E-state index is 0.101. The van der Waals surface area contributed by atoms with Crippen LogP contribution in [-0.4, -0.2) is 73.9 Å². The van der Waals surface area contributed by atoms with Crippen molar-refractivity contribution >= 4 is 29.0 Å². The first-order valence-corrected chi connectivity index (χ1v) is 13.3. The third kappa shape index (κ3) is 5.40. The van der Waals surface area contributed by atoms with Gasteiger partial charge in [-0.1, -0.05) is 6.07 Å². The molecule has 0 unspecified atom stereocenters. The van der Waals surface area contributed by atoms with Crippen molar-refractivity contribution in [1.29, 1.82) is 0 Å². The lowest BCUT2D eigenvalue weighted by Gasteiger charge is -2.47. The van der Waals surface area contributed by atoms with Gasteiger partial charge in [0.05, 0.1) is 31.6 Å². The second-order valence-electron chi connectivity index (χ2n) is 10.7. The number of ether oxygens (including phenoxy) is 2. The van der Waals surface area contributed by atoms with Crippen LogP contribution >= 0.6 is 0 Å². The lowest BCUT2D eigenvalue weighted by atomic mass is 9.77. The first-order chi connectivity index (χ1) is 19.2. The van der Waals surface area contributed by atoms with E-state index in [9.17, 15) is 9.59 Å². The van der Waals surface area contributed by atoms with Gasteiger partial charge in [0.1, 0.15) is 11.4 Å². The number of rotatable bonds is 7. The van der Waals surface area contributed by atoms with Crippen molar-refractivity contribution in [3.05, 3.63) is 59.5 Å². The monoisotopic (exact) mass is 544 g/mol. The standard InChI is InChI=1S/C28H32N8O4/c1-18-4-5-20(13-21(18)29-27(38)22-12-19(2)32-34(22)3)40-26-7-6-24-30-23(14-36(24)33-26)31-25(37)15-35-10-8-28(9-11-35)16-39-17-28/h4-7,12-14H,8-11,15-17H2,1-3H3,(H,29,38)(H,31,37). The molecule has 2 N–H and O–H groups in total. The number of nitrogens with zero attached hydrogens (tertiary/aromatic N) is 6. The molecule has 208 valence electrons. The zero-order chi connectivity index (χ0) is 27.9. The van der Waals surface area contributed by atoms with Crippen molar-refractivity contribution in [3.63, 3.8) is 0 Å². The first kappa shape index (κ1) is 26.0. The van der Waals surface area contributed by atoms with Crippen molar-refractivity contribution in [2.45, 2.75) is 26.7 Å². The average Bonchev–Trinajstić information content (AvgIpc) is 3.46. The molecule has 2 fully saturated rings. The van der Waals surface area contributed by atoms with Crippen molar-refractivity contribution in [2.75, 3.05) is 43.5 Å². The number of fused-ring (bicyclic) bond motifs is 1. The largest absolute Gasteiger partial charge is 0.438 e. The summed E-state index contributed by atoms with van der Waals surface area (Å²) < 4.78 is 14.5. The van der Waals surface area contributed by atoms with Gasteiger partial charge in [-0.2, -0.15) is 5.10 Å². The van der Waals surface area contributed by atoms with Gasteiger partial charge in [-0.15, -0.1) is 5.10 Å². The molecule has 12 heteroatoms. The Bertz CT molecular complexity index is 1580. The van der Waals surface area contributed by atoms with Gasteiger partial charge >= 0.3 is 0 Å². The van der Waals surface area contributed by atoms with Gasteiger partial charge in [0, 0.05) is 30.3 Å². The molecule has 3 aromatic heterocycles. The molecule has 1 aromatic carbocycles. The van der Waals surface area contributed by atoms with Crippen LogP contribution in [0.15, 0.2) is 42.6 Å². The Kier molecular flexibility index (Phi) is 6.72. The quantitative estimate of drug-likeness (QED) is 0.363. The third-order valence-electron chi connectivity index (χ3n) is 7.58. The van der Waals surface area contributed by atoms with Crippen LogP contribution in [0.3, 0.4) is 0 Å². The number of carbonyl (C=O) groups is 2. The SMILES string of the molecule is Cc1cc(C(=O)Nc2cc(Oc3ccc4nc(NC(=O)CN5CCC6(CC5)COC6)cn4n3)ccc2C)n(C)n1. The lowest BCUT2D eigenvalue weighted by Crippen LogP contribution is -2.51. The molecule has 2 aliphatic heterocycles. The van der Waals surface area contributed by atoms with E-state index in [0.717, 1.165) is 50.4 Å². The van der Waals surface area contributed by atoms with Gasteiger partial charge in [-0.25, -0.2) is 9.50 Å². The number of aryl methyl sites for hydroxylation is 3. The summed E-state index contributed by atoms with van der Waals surface area (Å²) in [7, 11) is 1.73. The van der Waals surface area contributed by atoms with Crippen LogP contribution in [0.5, 0.6) is 11.6 Å². The molecule has 12 nitrogen and oxygen atoms in total. The number of aromatic nitrogens is 5. The molecule has 0 aliphatic carbocycles. The van der Waals surface area contributed by atoms with E-state index < -0.39 is 0 Å². The number of hydrogen-bond donors (Lipinski definition) is 2. The summed E-state index contributed by atoms with van der Waals surface area (Å²) in [6.07, 6.45) is 3.80. The highest BCUT2D eigenvalue weighted by atomic mass is 16.5. The summed E-state index contributed by atoms with van der Waals surface area (Å²) >= 11 is 0. The van der Waals surface area contributed by atoms with E-state index in [-0.39, 0.29) is 11.8 Å². The molecule has 4 aromatic rings. The van der Waals surface area contributed by atoms with Crippen molar-refractivity contribution in [3.8, 4) is 11.6 Å². The number of hydrogen-bond acceptors (Lipinski definition) is 8. The molecule has 2 aliphatic rings. The summed E-state index contributed by atoms with van der Waals surface area (Å²) in [6.45, 7) is 7.58. The molecule has 2 amide bonds. The highest BCUT2D eigenvalue weighted by Gasteiger charge is 2.41. The van der Waals surface area contributed by atoms with Crippen molar-refractivity contribution in [2.24, 2.45) is 12.5 Å². The Morgan fingerprint density at radius 2 is 1.85 bits per heavy atom. The number of amides is 2. The van der Waals surface area contributed by atoms with Crippen LogP contribution in [0.4, 0.5) is 11.5 Å². The summed E-state index contributed by atoms with van der Waals surface area (Å²) in [5.41, 5.74) is 3.67. The van der Waals surface area contributed by atoms with Gasteiger partial charge in [0.15, 0.2) is 11.5 Å². The molecule has 40 heavy (non-hydrogen) atoms. The Balaban J connectivity index is 1.08. The minimum Gasteiger partial charge on any atom is -0.438 e. The normalized spacial score (nSPS) is 16.6. The predicted molar refractivity (Wildman–Crippen MR) is 148 cm³/mol. The first-order valence-electron chi connectivity index (χ1n) is 13.3. The zero-order valence-corrected chi connectivity index (χ0v) is 22.8. The summed E-state index contributed by atoms with van der Waals surface area (Å²) in [6, 6.07) is 10.6. The molecule has 6 rings (SSSR count). The maximum atomic E-state index is 12.8. The minimum atomic E-state index is -0.256. The van der Waals surface area contributed by atoms with Gasteiger partial charge < -0.3 is 20.1 Å². The number of piperidine rings is 1. The fourth-order valence-electron chi connectivity index (χ4n) is 5.16. The van der Waals surface area contributed by atoms with Crippen molar-refractivity contribution in [1.82, 2.24) is 29.3 Å². The van der Waals surface area contributed by atoms with Crippen LogP contribution in [-0.2, 0) is 16.6 Å². The molecular weight excluding hydrogens is 512 g/mol. The van der Waals surface area contributed by atoms with Crippen LogP contribution in [0.1, 0.15) is 34.6 Å². The van der Waals surface area contributed by atoms with E-state index in [1.165, 1.54) is 0 Å². The molecule has 0 atom stereocenters. The van der Waals surface area contributed by atoms with E-state index in [0.29, 0.717) is 46.4 Å². The number of nitrogens with one attached hydrogen (secondary N) is 2. The number of benzene rings is 1. The number of carbonyl (C=O) groups excluding carboxylic acids is 2. The highest BCUT2D eigenvalue weighted by Crippen LogP contribution is 2.38. The molecule has 2 saturated heterocycles. The molecular formula is C28H32N8O4. The highest BCUT2D eigenvalue weighted by molar-refractivity contribution is 6.03. The maximum Gasteiger partial charge on any atom is 0.273 e. The van der Waals surface area contributed by atoms with Crippen molar-refractivity contribution < 1.29 is 19.1 Å². The number of imidazole rings is 1. The van der Waals surface area contributed by atoms with Gasteiger partial charge in [-0.3, -0.25) is 19.2 Å². The molecule has 0 bridgehead atoms. The second kappa shape index (κ2) is 10.4. The summed E-state index contributed by atoms with van der Waals surface area (Å²) in [4.78, 5) is 32.1. The van der Waals surface area contributed by atoms with E-state index >= 15 is 0 Å². The van der Waals surface area contributed by atoms with Crippen LogP contribution in [0.2, 0.25) is 0 Å². The van der Waals surface area contributed by atoms with E-state index in [4.69, 9.17) is 9.47 Å². The Labute approximate surface area is 231 Å². The van der Waals surface area contributed by atoms with Gasteiger partial charge in [0.2, 0.25) is 11.8 Å². The van der Waals surface area contributed by atoms with Crippen LogP contribution < -0.4 is 15.4 Å². The summed E-state index contributed by atoms with van der Waals surface area (Å²) in [5.74, 6) is 0.929. The van der Waals surface area contributed by atoms with E-state index in [2.05, 4.69) is 30.7 Å². The number of likely N-dealkylation sites (tertiary alicyclic amines) is 1. The zero-order valence-electron chi connectivity index (χ0n) is 22.8. The lowest BCUT2D eigenvalue weighted by molar-refractivity contribution is -0.141. The van der Waals surface area contributed by atoms with Crippen LogP contribution in [0, 0.1) is 19.3 Å². The second-order valence-corrected chi connectivity index (χ2v) is 10.7. The van der Waals surface area contributed by atoms with Gasteiger partial charge in [-0.05, 0) is 63.5 Å². The Morgan fingerprint density at radius 1 is 1.05 bits per heavy atom. The molecule has 5 heterocycles. The van der Waals surface area contributed by atoms with E-state index in [1.54, 1.807) is 46.7 Å². The summed E-state index contributed by atoms with van der Waals surface area (Å²) in [5, 5.41) is 14.5. The van der Waals surface area contributed by atoms with Crippen LogP contribution in [0.25, 0.3) is 5.65 Å². The smallest absolute Gasteiger partial charge is 0.273 e. The molecule has 1 spiro atoms.